The van der Waals surface area contributed by atoms with E-state index in [4.69, 9.17) is 23.4 Å². The van der Waals surface area contributed by atoms with Gasteiger partial charge < -0.3 is 4.79 Å². The first-order valence-corrected chi connectivity index (χ1v) is 4.91. The average Bonchev–Trinajstić information content (AvgIpc) is 1.46. The normalized spacial score (nSPS) is 3.60. The summed E-state index contributed by atoms with van der Waals surface area (Å²) in [5, 5.41) is 0. The quantitative estimate of drug-likeness (QED) is 0.285. The Morgan fingerprint density at radius 2 is 1.40 bits per heavy atom. The van der Waals surface area contributed by atoms with E-state index in [1.54, 1.807) is 0 Å². The first-order chi connectivity index (χ1) is 2.41. The van der Waals surface area contributed by atoms with Crippen LogP contribution in [0.15, 0.2) is 0 Å². The zero-order valence-electron chi connectivity index (χ0n) is 2.24. The molecule has 30 valence electrons. The Morgan fingerprint density at radius 1 is 1.40 bits per heavy atom. The van der Waals surface area contributed by atoms with Crippen LogP contribution >= 0.6 is 18.6 Å². The minimum absolute atomic E-state index is 0.556. The topological polar surface area (TPSA) is 17.1 Å². The molecule has 0 heterocycles. The zero-order valence-corrected chi connectivity index (χ0v) is 5.31. The molecule has 0 aliphatic heterocycles. The first-order valence-electron chi connectivity index (χ1n) is 0.614. The Bertz CT molecular complexity index is 13.6. The van der Waals surface area contributed by atoms with E-state index in [0.717, 1.165) is 0 Å². The molecule has 0 N–H and O–H groups in total. The number of carbonyl (C=O) groups excluding carboxylic acids is 1. The number of rotatable bonds is 0. The van der Waals surface area contributed by atoms with E-state index in [2.05, 4.69) is 6.79 Å². The predicted octanol–water partition coefficient (Wildman–Crippen LogP) is 1.10. The fraction of sp³-hybridized carbons (Fsp3) is 0. The summed E-state index contributed by atoms with van der Waals surface area (Å²) in [7, 11) is 9.78. The molecule has 0 aromatic rings. The minimum atomic E-state index is -0.556. The van der Waals surface area contributed by atoms with Gasteiger partial charge in [-0.2, -0.15) is 0 Å². The van der Waals surface area contributed by atoms with Gasteiger partial charge in [0.05, 0.1) is 0 Å². The van der Waals surface area contributed by atoms with Crippen LogP contribution in [0.4, 0.5) is 0 Å². The van der Waals surface area contributed by atoms with Crippen LogP contribution < -0.4 is 0 Å². The summed E-state index contributed by atoms with van der Waals surface area (Å²) in [4.78, 5) is 7.75. The molecule has 5 heavy (non-hydrogen) atoms. The molecule has 1 nitrogen and oxygen atoms in total. The van der Waals surface area contributed by atoms with E-state index in [0.29, 0.717) is 0 Å². The summed E-state index contributed by atoms with van der Waals surface area (Å²) in [5.74, 6) is 0. The maximum atomic E-state index is 7.75. The third-order valence-electron chi connectivity index (χ3n) is 0. The molecule has 0 unspecified atom stereocenters. The van der Waals surface area contributed by atoms with Crippen molar-refractivity contribution in [3.63, 3.8) is 0 Å². The van der Waals surface area contributed by atoms with Crippen molar-refractivity contribution >= 4 is 25.4 Å². The van der Waals surface area contributed by atoms with Crippen LogP contribution in [0.3, 0.4) is 0 Å². The van der Waals surface area contributed by atoms with Gasteiger partial charge >= 0.3 is 35.6 Å². The Balaban J connectivity index is 0. The maximum absolute atomic E-state index is 7.75. The summed E-state index contributed by atoms with van der Waals surface area (Å²) >= 11 is -0.556. The molecule has 0 radical (unpaired) electrons. The van der Waals surface area contributed by atoms with Crippen molar-refractivity contribution in [1.82, 2.24) is 0 Å². The molecule has 0 saturated carbocycles. The summed E-state index contributed by atoms with van der Waals surface area (Å²) < 4.78 is 0. The van der Waals surface area contributed by atoms with Crippen molar-refractivity contribution in [3.05, 3.63) is 0 Å². The Labute approximate surface area is 47.3 Å². The molecule has 0 atom stereocenters. The first kappa shape index (κ1) is 9.35. The third kappa shape index (κ3) is 46.9. The van der Waals surface area contributed by atoms with Gasteiger partial charge in [-0.15, -0.1) is 0 Å². The van der Waals surface area contributed by atoms with Gasteiger partial charge in [0, 0.05) is 0 Å². The standard InChI is InChI=1S/CHO.2ClH.Ti/c1-2;;;/h1H;2*1H;/q-1;;;+2/p-2. The number of hydrogen-bond acceptors (Lipinski definition) is 1. The molecule has 4 heteroatoms. The second kappa shape index (κ2) is 20.2. The van der Waals surface area contributed by atoms with Crippen LogP contribution in [0.25, 0.3) is 0 Å². The van der Waals surface area contributed by atoms with Crippen LogP contribution in [-0.2, 0) is 21.8 Å². The van der Waals surface area contributed by atoms with E-state index in [1.807, 2.05) is 0 Å². The second-order valence-electron chi connectivity index (χ2n) is 0.0714. The SMILES string of the molecule is [CH-]=O.[Cl][Ti][Cl]. The zero-order chi connectivity index (χ0) is 4.71. The molecule has 0 spiro atoms. The van der Waals surface area contributed by atoms with Gasteiger partial charge in [0.15, 0.2) is 0 Å². The van der Waals surface area contributed by atoms with Crippen molar-refractivity contribution in [3.8, 4) is 0 Å². The predicted molar refractivity (Wildman–Crippen MR) is 18.5 cm³/mol. The Hall–Kier alpha value is 0.964. The molecule has 0 fully saturated rings. The van der Waals surface area contributed by atoms with Crippen molar-refractivity contribution in [2.45, 2.75) is 0 Å². The van der Waals surface area contributed by atoms with Gasteiger partial charge in [-0.05, 0) is 0 Å². The van der Waals surface area contributed by atoms with Gasteiger partial charge in [-0.3, -0.25) is 6.79 Å². The third-order valence-corrected chi connectivity index (χ3v) is 0. The summed E-state index contributed by atoms with van der Waals surface area (Å²) in [6, 6.07) is 0. The molecular weight excluding hydrogens is 147 g/mol. The molecule has 0 aromatic carbocycles. The summed E-state index contributed by atoms with van der Waals surface area (Å²) in [6.07, 6.45) is 0. The molecule has 0 bridgehead atoms. The Morgan fingerprint density at radius 3 is 1.40 bits per heavy atom. The molecule has 0 saturated heterocycles. The summed E-state index contributed by atoms with van der Waals surface area (Å²) in [6.45, 7) is 3.25. The van der Waals surface area contributed by atoms with Crippen molar-refractivity contribution in [2.75, 3.05) is 0 Å². The van der Waals surface area contributed by atoms with Gasteiger partial charge in [-0.25, -0.2) is 0 Å². The van der Waals surface area contributed by atoms with Crippen LogP contribution in [0.1, 0.15) is 0 Å². The van der Waals surface area contributed by atoms with Crippen molar-refractivity contribution in [2.24, 2.45) is 0 Å². The average molecular weight is 148 g/mol. The monoisotopic (exact) mass is 147 g/mol. The van der Waals surface area contributed by atoms with E-state index in [1.165, 1.54) is 0 Å². The summed E-state index contributed by atoms with van der Waals surface area (Å²) in [5.41, 5.74) is 0. The molecule has 0 aromatic heterocycles. The van der Waals surface area contributed by atoms with E-state index in [9.17, 15) is 0 Å². The second-order valence-corrected chi connectivity index (χ2v) is 2.65. The molecule has 0 rings (SSSR count). The van der Waals surface area contributed by atoms with E-state index >= 15 is 0 Å². The van der Waals surface area contributed by atoms with Gasteiger partial charge in [0.1, 0.15) is 0 Å². The van der Waals surface area contributed by atoms with Crippen LogP contribution in [-0.4, -0.2) is 6.79 Å². The molecular formula is CHCl2OTi-. The van der Waals surface area contributed by atoms with Gasteiger partial charge in [0.25, 0.3) is 0 Å². The molecule has 0 aliphatic rings. The number of halogens is 2. The fourth-order valence-corrected chi connectivity index (χ4v) is 0. The van der Waals surface area contributed by atoms with Crippen LogP contribution in [0.2, 0.25) is 0 Å². The van der Waals surface area contributed by atoms with Crippen LogP contribution in [0.5, 0.6) is 0 Å². The van der Waals surface area contributed by atoms with E-state index in [-0.39, 0.29) is 0 Å². The molecule has 0 amide bonds. The molecule has 0 aliphatic carbocycles. The fourth-order valence-electron chi connectivity index (χ4n) is 0. The van der Waals surface area contributed by atoms with Crippen molar-refractivity contribution < 1.29 is 21.8 Å². The van der Waals surface area contributed by atoms with E-state index < -0.39 is 17.0 Å². The van der Waals surface area contributed by atoms with Crippen LogP contribution in [0, 0.1) is 0 Å². The van der Waals surface area contributed by atoms with Gasteiger partial charge in [-0.1, -0.05) is 0 Å². The van der Waals surface area contributed by atoms with Crippen molar-refractivity contribution in [1.29, 1.82) is 0 Å². The van der Waals surface area contributed by atoms with Gasteiger partial charge in [0.2, 0.25) is 0 Å². The number of hydrogen-bond donors (Lipinski definition) is 0. The Kier molecular flexibility index (Phi) is 37.8.